The molecule has 0 saturated heterocycles. The van der Waals surface area contributed by atoms with Crippen molar-refractivity contribution in [1.82, 2.24) is 10.2 Å². The average molecular weight is 222 g/mol. The van der Waals surface area contributed by atoms with Crippen molar-refractivity contribution in [2.75, 3.05) is 6.61 Å². The number of esters is 1. The highest BCUT2D eigenvalue weighted by molar-refractivity contribution is 5.89. The molecule has 0 bridgehead atoms. The Bertz CT molecular complexity index is 398. The number of fused-ring (bicyclic) bond motifs is 1. The molecule has 0 radical (unpaired) electrons. The molecule has 1 N–H and O–H groups in total. The van der Waals surface area contributed by atoms with Gasteiger partial charge >= 0.3 is 5.97 Å². The van der Waals surface area contributed by atoms with Crippen LogP contribution in [-0.2, 0) is 17.6 Å². The molecule has 2 rings (SSSR count). The first-order valence-corrected chi connectivity index (χ1v) is 5.86. The van der Waals surface area contributed by atoms with Crippen molar-refractivity contribution >= 4 is 5.97 Å². The van der Waals surface area contributed by atoms with E-state index in [2.05, 4.69) is 24.0 Å². The summed E-state index contributed by atoms with van der Waals surface area (Å²) in [5.74, 6) is 0.933. The van der Waals surface area contributed by atoms with Crippen LogP contribution in [0.5, 0.6) is 0 Å². The number of H-pyrrole nitrogens is 1. The van der Waals surface area contributed by atoms with Crippen LogP contribution in [0.4, 0.5) is 0 Å². The minimum absolute atomic E-state index is 0.304. The zero-order chi connectivity index (χ0) is 11.7. The van der Waals surface area contributed by atoms with Gasteiger partial charge in [0.1, 0.15) is 0 Å². The van der Waals surface area contributed by atoms with E-state index in [0.29, 0.717) is 24.1 Å². The predicted molar refractivity (Wildman–Crippen MR) is 60.3 cm³/mol. The molecule has 1 heterocycles. The number of hydrogen-bond donors (Lipinski definition) is 1. The van der Waals surface area contributed by atoms with Gasteiger partial charge in [-0.25, -0.2) is 4.79 Å². The number of hydrogen-bond acceptors (Lipinski definition) is 3. The number of aromatic amines is 1. The molecular weight excluding hydrogens is 204 g/mol. The van der Waals surface area contributed by atoms with Gasteiger partial charge in [-0.3, -0.25) is 5.10 Å². The molecule has 0 saturated carbocycles. The van der Waals surface area contributed by atoms with E-state index in [-0.39, 0.29) is 5.97 Å². The Balaban J connectivity index is 2.27. The first-order chi connectivity index (χ1) is 7.63. The number of carbonyl (C=O) groups is 1. The smallest absolute Gasteiger partial charge is 0.359 e. The monoisotopic (exact) mass is 222 g/mol. The molecule has 0 spiro atoms. The van der Waals surface area contributed by atoms with Gasteiger partial charge in [-0.05, 0) is 31.6 Å². The Morgan fingerprint density at radius 2 is 2.12 bits per heavy atom. The van der Waals surface area contributed by atoms with Gasteiger partial charge in [-0.15, -0.1) is 0 Å². The van der Waals surface area contributed by atoms with Crippen LogP contribution < -0.4 is 0 Å². The van der Waals surface area contributed by atoms with E-state index >= 15 is 0 Å². The van der Waals surface area contributed by atoms with Gasteiger partial charge in [0, 0.05) is 11.3 Å². The van der Waals surface area contributed by atoms with Crippen molar-refractivity contribution in [3.63, 3.8) is 0 Å². The Labute approximate surface area is 95.4 Å². The Kier molecular flexibility index (Phi) is 2.99. The van der Waals surface area contributed by atoms with Crippen LogP contribution in [0.2, 0.25) is 0 Å². The van der Waals surface area contributed by atoms with Gasteiger partial charge in [0.05, 0.1) is 6.61 Å². The second-order valence-corrected chi connectivity index (χ2v) is 4.61. The van der Waals surface area contributed by atoms with Crippen LogP contribution in [0.1, 0.15) is 42.5 Å². The zero-order valence-electron chi connectivity index (χ0n) is 10.0. The van der Waals surface area contributed by atoms with Crippen LogP contribution in [0.3, 0.4) is 0 Å². The van der Waals surface area contributed by atoms with Gasteiger partial charge < -0.3 is 4.74 Å². The number of rotatable bonds is 2. The summed E-state index contributed by atoms with van der Waals surface area (Å²) < 4.78 is 4.99. The third kappa shape index (κ3) is 1.84. The number of aromatic nitrogens is 2. The fourth-order valence-corrected chi connectivity index (χ4v) is 2.20. The predicted octanol–water partition coefficient (Wildman–Crippen LogP) is 1.96. The molecule has 1 aromatic rings. The van der Waals surface area contributed by atoms with E-state index < -0.39 is 0 Å². The molecule has 4 heteroatoms. The van der Waals surface area contributed by atoms with Gasteiger partial charge in [0.2, 0.25) is 0 Å². The van der Waals surface area contributed by atoms with Crippen molar-refractivity contribution < 1.29 is 9.53 Å². The highest BCUT2D eigenvalue weighted by Crippen LogP contribution is 2.30. The van der Waals surface area contributed by atoms with Crippen LogP contribution >= 0.6 is 0 Å². The number of nitrogens with one attached hydrogen (secondary N) is 1. The van der Waals surface area contributed by atoms with E-state index in [0.717, 1.165) is 24.1 Å². The molecular formula is C12H18N2O2. The molecule has 0 unspecified atom stereocenters. The largest absolute Gasteiger partial charge is 0.461 e. The maximum absolute atomic E-state index is 11.7. The molecule has 1 aliphatic carbocycles. The van der Waals surface area contributed by atoms with Crippen molar-refractivity contribution in [3.8, 4) is 0 Å². The van der Waals surface area contributed by atoms with Crippen LogP contribution in [-0.4, -0.2) is 22.8 Å². The molecule has 1 aliphatic rings. The van der Waals surface area contributed by atoms with E-state index in [4.69, 9.17) is 4.74 Å². The topological polar surface area (TPSA) is 55.0 Å². The second kappa shape index (κ2) is 4.28. The normalized spacial score (nSPS) is 23.9. The lowest BCUT2D eigenvalue weighted by Gasteiger charge is -2.25. The summed E-state index contributed by atoms with van der Waals surface area (Å²) in [4.78, 5) is 11.7. The summed E-state index contributed by atoms with van der Waals surface area (Å²) in [6, 6.07) is 0. The summed E-state index contributed by atoms with van der Waals surface area (Å²) in [7, 11) is 0. The van der Waals surface area contributed by atoms with Crippen LogP contribution in [0.15, 0.2) is 0 Å². The van der Waals surface area contributed by atoms with E-state index in [1.807, 2.05) is 6.92 Å². The van der Waals surface area contributed by atoms with Crippen LogP contribution in [0, 0.1) is 11.8 Å². The third-order valence-corrected chi connectivity index (χ3v) is 3.45. The van der Waals surface area contributed by atoms with Crippen molar-refractivity contribution in [2.45, 2.75) is 33.6 Å². The lowest BCUT2D eigenvalue weighted by molar-refractivity contribution is 0.0517. The molecule has 0 fully saturated rings. The fraction of sp³-hybridized carbons (Fsp3) is 0.667. The fourth-order valence-electron chi connectivity index (χ4n) is 2.20. The maximum atomic E-state index is 11.7. The quantitative estimate of drug-likeness (QED) is 0.778. The molecule has 88 valence electrons. The van der Waals surface area contributed by atoms with E-state index in [9.17, 15) is 4.79 Å². The lowest BCUT2D eigenvalue weighted by atomic mass is 9.80. The first kappa shape index (κ1) is 11.2. The summed E-state index contributed by atoms with van der Waals surface area (Å²) in [5, 5.41) is 7.05. The van der Waals surface area contributed by atoms with E-state index in [1.165, 1.54) is 0 Å². The number of carbonyl (C=O) groups excluding carboxylic acids is 1. The summed E-state index contributed by atoms with van der Waals surface area (Å²) in [6.45, 7) is 6.65. The minimum atomic E-state index is -0.304. The minimum Gasteiger partial charge on any atom is -0.461 e. The average Bonchev–Trinajstić information content (AvgIpc) is 2.62. The summed E-state index contributed by atoms with van der Waals surface area (Å²) in [6.07, 6.45) is 1.89. The SMILES string of the molecule is CCOC(=O)c1n[nH]c2c1C[C@@H](C)[C@H](C)C2. The Morgan fingerprint density at radius 3 is 2.81 bits per heavy atom. The van der Waals surface area contributed by atoms with Gasteiger partial charge in [-0.2, -0.15) is 5.10 Å². The van der Waals surface area contributed by atoms with Crippen molar-refractivity contribution in [3.05, 3.63) is 17.0 Å². The van der Waals surface area contributed by atoms with Crippen LogP contribution in [0.25, 0.3) is 0 Å². The maximum Gasteiger partial charge on any atom is 0.359 e. The van der Waals surface area contributed by atoms with Gasteiger partial charge in [0.15, 0.2) is 5.69 Å². The first-order valence-electron chi connectivity index (χ1n) is 5.86. The molecule has 0 aromatic carbocycles. The molecule has 0 amide bonds. The van der Waals surface area contributed by atoms with E-state index in [1.54, 1.807) is 0 Å². The Hall–Kier alpha value is -1.32. The standard InChI is InChI=1S/C12H18N2O2/c1-4-16-12(15)11-9-5-7(2)8(3)6-10(9)13-14-11/h7-8H,4-6H2,1-3H3,(H,13,14)/t7-,8-/m1/s1. The number of nitrogens with zero attached hydrogens (tertiary/aromatic N) is 1. The highest BCUT2D eigenvalue weighted by Gasteiger charge is 2.29. The molecule has 4 nitrogen and oxygen atoms in total. The molecule has 1 aromatic heterocycles. The lowest BCUT2D eigenvalue weighted by Crippen LogP contribution is -2.21. The summed E-state index contributed by atoms with van der Waals surface area (Å²) >= 11 is 0. The summed E-state index contributed by atoms with van der Waals surface area (Å²) in [5.41, 5.74) is 2.65. The van der Waals surface area contributed by atoms with Gasteiger partial charge in [0.25, 0.3) is 0 Å². The zero-order valence-corrected chi connectivity index (χ0v) is 10.0. The molecule has 0 aliphatic heterocycles. The second-order valence-electron chi connectivity index (χ2n) is 4.61. The molecule has 2 atom stereocenters. The van der Waals surface area contributed by atoms with Gasteiger partial charge in [-0.1, -0.05) is 13.8 Å². The highest BCUT2D eigenvalue weighted by atomic mass is 16.5. The van der Waals surface area contributed by atoms with Crippen molar-refractivity contribution in [1.29, 1.82) is 0 Å². The Morgan fingerprint density at radius 1 is 1.44 bits per heavy atom. The van der Waals surface area contributed by atoms with Crippen molar-refractivity contribution in [2.24, 2.45) is 11.8 Å². The third-order valence-electron chi connectivity index (χ3n) is 3.45. The number of ether oxygens (including phenoxy) is 1. The molecule has 16 heavy (non-hydrogen) atoms.